The third kappa shape index (κ3) is 3.82. The summed E-state index contributed by atoms with van der Waals surface area (Å²) in [5.74, 6) is -1.56. The number of hydrogen-bond acceptors (Lipinski definition) is 7. The fraction of sp³-hybridized carbons (Fsp3) is 0.227. The minimum atomic E-state index is -1.55. The lowest BCUT2D eigenvalue weighted by Gasteiger charge is -2.16. The van der Waals surface area contributed by atoms with Gasteiger partial charge in [-0.25, -0.2) is 0 Å². The van der Waals surface area contributed by atoms with Gasteiger partial charge < -0.3 is 13.9 Å². The minimum Gasteiger partial charge on any atom is -0.611 e. The maximum Gasteiger partial charge on any atom is 0.314 e. The van der Waals surface area contributed by atoms with Gasteiger partial charge >= 0.3 is 5.97 Å². The molecule has 0 fully saturated rings. The molecule has 1 aliphatic rings. The van der Waals surface area contributed by atoms with Gasteiger partial charge in [0.1, 0.15) is 11.4 Å². The lowest BCUT2D eigenvalue weighted by molar-refractivity contribution is -0.142. The minimum absolute atomic E-state index is 0.153. The number of aromatic nitrogens is 1. The largest absolute Gasteiger partial charge is 0.611 e. The van der Waals surface area contributed by atoms with Gasteiger partial charge in [0.05, 0.1) is 23.9 Å². The van der Waals surface area contributed by atoms with Crippen LogP contribution in [0.1, 0.15) is 49.8 Å². The van der Waals surface area contributed by atoms with Gasteiger partial charge in [-0.2, -0.15) is 11.3 Å². The number of Topliss-reactive ketones (excluding diaryl/α,β-unsaturated/α-hetero) is 1. The Kier molecular flexibility index (Phi) is 6.29. The quantitative estimate of drug-likeness (QED) is 0.212. The summed E-state index contributed by atoms with van der Waals surface area (Å²) >= 11 is 1.13. The van der Waals surface area contributed by atoms with Crippen molar-refractivity contribution in [2.45, 2.75) is 23.3 Å². The second kappa shape index (κ2) is 8.96. The molecule has 0 saturated carbocycles. The summed E-state index contributed by atoms with van der Waals surface area (Å²) in [5.41, 5.74) is 1.12. The average Bonchev–Trinajstić information content (AvgIpc) is 3.55. The van der Waals surface area contributed by atoms with E-state index in [1.165, 1.54) is 35.9 Å². The summed E-state index contributed by atoms with van der Waals surface area (Å²) in [6.45, 7) is 3.64. The van der Waals surface area contributed by atoms with E-state index in [2.05, 4.69) is 6.58 Å². The molecule has 3 unspecified atom stereocenters. The highest BCUT2D eigenvalue weighted by molar-refractivity contribution is 7.91. The van der Waals surface area contributed by atoms with Gasteiger partial charge in [0.15, 0.2) is 10.7 Å². The van der Waals surface area contributed by atoms with E-state index in [1.54, 1.807) is 45.0 Å². The third-order valence-electron chi connectivity index (χ3n) is 5.22. The molecule has 160 valence electrons. The van der Waals surface area contributed by atoms with Crippen LogP contribution in [0.25, 0.3) is 0 Å². The molecule has 1 aliphatic heterocycles. The van der Waals surface area contributed by atoms with Crippen molar-refractivity contribution < 1.29 is 23.7 Å². The summed E-state index contributed by atoms with van der Waals surface area (Å²) in [6.07, 6.45) is 1.71. The molecule has 3 aromatic heterocycles. The molecule has 0 aliphatic carbocycles. The number of rotatable bonds is 8. The fourth-order valence-electron chi connectivity index (χ4n) is 3.86. The van der Waals surface area contributed by atoms with Crippen LogP contribution in [-0.4, -0.2) is 39.5 Å². The van der Waals surface area contributed by atoms with Crippen LogP contribution in [0.3, 0.4) is 0 Å². The summed E-state index contributed by atoms with van der Waals surface area (Å²) in [4.78, 5) is 40.2. The van der Waals surface area contributed by atoms with E-state index < -0.39 is 29.1 Å². The zero-order valence-electron chi connectivity index (χ0n) is 16.6. The smallest absolute Gasteiger partial charge is 0.314 e. The molecule has 0 amide bonds. The topological polar surface area (TPSA) is 88.4 Å². The SMILES string of the molecule is C=CC[S+]([O-])c1cc2n(c1C(=O)c1ccsc1)C(C(=O)c1cccs1)CC2C(=O)OC. The maximum atomic E-state index is 13.5. The van der Waals surface area contributed by atoms with Gasteiger partial charge in [0, 0.05) is 22.7 Å². The lowest BCUT2D eigenvalue weighted by atomic mass is 9.98. The predicted molar refractivity (Wildman–Crippen MR) is 121 cm³/mol. The number of thiophene rings is 2. The van der Waals surface area contributed by atoms with Gasteiger partial charge in [0.25, 0.3) is 0 Å². The van der Waals surface area contributed by atoms with Gasteiger partial charge in [0.2, 0.25) is 5.78 Å². The van der Waals surface area contributed by atoms with Crippen molar-refractivity contribution in [3.8, 4) is 0 Å². The molecule has 3 atom stereocenters. The van der Waals surface area contributed by atoms with Crippen molar-refractivity contribution in [3.63, 3.8) is 0 Å². The van der Waals surface area contributed by atoms with E-state index in [0.29, 0.717) is 21.0 Å². The number of ether oxygens (including phenoxy) is 1. The van der Waals surface area contributed by atoms with Crippen molar-refractivity contribution in [1.29, 1.82) is 0 Å². The van der Waals surface area contributed by atoms with Gasteiger partial charge in [-0.3, -0.25) is 14.4 Å². The Hall–Kier alpha value is -2.46. The molecular formula is C22H19NO5S3. The predicted octanol–water partition coefficient (Wildman–Crippen LogP) is 4.22. The number of methoxy groups -OCH3 is 1. The summed E-state index contributed by atoms with van der Waals surface area (Å²) in [7, 11) is 1.29. The summed E-state index contributed by atoms with van der Waals surface area (Å²) in [5, 5.41) is 5.30. The van der Waals surface area contributed by atoms with Crippen LogP contribution in [0.15, 0.2) is 58.0 Å². The number of carbonyl (C=O) groups excluding carboxylic acids is 3. The zero-order valence-corrected chi connectivity index (χ0v) is 19.1. The number of nitrogens with zero attached hydrogens (tertiary/aromatic N) is 1. The first-order chi connectivity index (χ1) is 15.0. The Bertz CT molecular complexity index is 1130. The van der Waals surface area contributed by atoms with Crippen molar-refractivity contribution in [1.82, 2.24) is 4.57 Å². The first-order valence-electron chi connectivity index (χ1n) is 9.44. The van der Waals surface area contributed by atoms with E-state index >= 15 is 0 Å². The fourth-order valence-corrected chi connectivity index (χ4v) is 6.26. The number of hydrogen-bond donors (Lipinski definition) is 0. The normalized spacial score (nSPS) is 18.4. The van der Waals surface area contributed by atoms with Crippen LogP contribution in [0.4, 0.5) is 0 Å². The highest BCUT2D eigenvalue weighted by Gasteiger charge is 2.45. The van der Waals surface area contributed by atoms with Crippen LogP contribution in [0, 0.1) is 0 Å². The second-order valence-electron chi connectivity index (χ2n) is 6.96. The molecule has 4 rings (SSSR count). The molecule has 0 bridgehead atoms. The van der Waals surface area contributed by atoms with E-state index in [0.717, 1.165) is 0 Å². The molecule has 4 heterocycles. The molecule has 0 aromatic carbocycles. The Morgan fingerprint density at radius 3 is 2.77 bits per heavy atom. The van der Waals surface area contributed by atoms with Crippen LogP contribution < -0.4 is 0 Å². The van der Waals surface area contributed by atoms with E-state index in [1.807, 2.05) is 0 Å². The van der Waals surface area contributed by atoms with Crippen LogP contribution in [-0.2, 0) is 20.7 Å². The number of carbonyl (C=O) groups is 3. The lowest BCUT2D eigenvalue weighted by Crippen LogP contribution is -2.22. The van der Waals surface area contributed by atoms with Crippen LogP contribution >= 0.6 is 22.7 Å². The molecule has 9 heteroatoms. The molecule has 0 saturated heterocycles. The molecule has 0 N–H and O–H groups in total. The van der Waals surface area contributed by atoms with Crippen molar-refractivity contribution in [2.24, 2.45) is 0 Å². The molecular weight excluding hydrogens is 454 g/mol. The zero-order chi connectivity index (χ0) is 22.1. The molecule has 0 radical (unpaired) electrons. The molecule has 0 spiro atoms. The third-order valence-corrected chi connectivity index (χ3v) is 8.13. The first-order valence-corrected chi connectivity index (χ1v) is 12.6. The standard InChI is InChI=1S/C22H19NO5S3/c1-3-9-31(27)18-11-15-14(22(26)28-2)10-16(21(25)17-5-4-7-30-17)23(15)19(18)20(24)13-6-8-29-12-13/h3-8,11-12,14,16H,1,9-10H2,2H3. The van der Waals surface area contributed by atoms with Gasteiger partial charge in [-0.1, -0.05) is 12.6 Å². The van der Waals surface area contributed by atoms with Crippen molar-refractivity contribution >= 4 is 51.4 Å². The summed E-state index contributed by atoms with van der Waals surface area (Å²) in [6, 6.07) is 6.05. The van der Waals surface area contributed by atoms with Crippen LogP contribution in [0.5, 0.6) is 0 Å². The number of esters is 1. The van der Waals surface area contributed by atoms with Gasteiger partial charge in [-0.15, -0.1) is 11.3 Å². The Balaban J connectivity index is 1.92. The Labute approximate surface area is 190 Å². The molecule has 31 heavy (non-hydrogen) atoms. The van der Waals surface area contributed by atoms with E-state index in [9.17, 15) is 18.9 Å². The van der Waals surface area contributed by atoms with E-state index in [4.69, 9.17) is 4.74 Å². The second-order valence-corrected chi connectivity index (χ2v) is 10.2. The summed E-state index contributed by atoms with van der Waals surface area (Å²) < 4.78 is 19.5. The van der Waals surface area contributed by atoms with Crippen molar-refractivity contribution in [2.75, 3.05) is 12.9 Å². The van der Waals surface area contributed by atoms with Crippen LogP contribution in [0.2, 0.25) is 0 Å². The highest BCUT2D eigenvalue weighted by Crippen LogP contribution is 2.44. The van der Waals surface area contributed by atoms with E-state index in [-0.39, 0.29) is 29.4 Å². The van der Waals surface area contributed by atoms with Gasteiger partial charge in [-0.05, 0) is 46.6 Å². The first kappa shape index (κ1) is 21.8. The number of fused-ring (bicyclic) bond motifs is 1. The Morgan fingerprint density at radius 1 is 1.35 bits per heavy atom. The van der Waals surface area contributed by atoms with Crippen molar-refractivity contribution in [3.05, 3.63) is 74.9 Å². The average molecular weight is 474 g/mol. The molecule has 3 aromatic rings. The Morgan fingerprint density at radius 2 is 2.16 bits per heavy atom. The highest BCUT2D eigenvalue weighted by atomic mass is 32.2. The molecule has 6 nitrogen and oxygen atoms in total. The maximum absolute atomic E-state index is 13.5. The number of ketones is 2. The monoisotopic (exact) mass is 473 g/mol.